The lowest BCUT2D eigenvalue weighted by Gasteiger charge is -2.30. The molecule has 1 aliphatic rings. The Hall–Kier alpha value is -2.25. The summed E-state index contributed by atoms with van der Waals surface area (Å²) < 4.78 is 15.2. The van der Waals surface area contributed by atoms with Crippen LogP contribution in [0.4, 0.5) is 10.1 Å². The first-order chi connectivity index (χ1) is 12.3. The Kier molecular flexibility index (Phi) is 5.38. The van der Waals surface area contributed by atoms with Crippen LogP contribution in [-0.2, 0) is 4.79 Å². The zero-order chi connectivity index (χ0) is 18.8. The van der Waals surface area contributed by atoms with Gasteiger partial charge in [0.1, 0.15) is 5.82 Å². The van der Waals surface area contributed by atoms with Gasteiger partial charge in [-0.3, -0.25) is 4.79 Å². The summed E-state index contributed by atoms with van der Waals surface area (Å²) >= 11 is 8.55. The second-order valence-electron chi connectivity index (χ2n) is 6.06. The van der Waals surface area contributed by atoms with Crippen molar-refractivity contribution in [1.29, 1.82) is 0 Å². The van der Waals surface area contributed by atoms with Crippen molar-refractivity contribution in [2.45, 2.75) is 19.9 Å². The Bertz CT molecular complexity index is 912. The molecule has 4 nitrogen and oxygen atoms in total. The quantitative estimate of drug-likeness (QED) is 0.630. The Morgan fingerprint density at radius 1 is 1.19 bits per heavy atom. The second kappa shape index (κ2) is 7.55. The predicted molar refractivity (Wildman–Crippen MR) is 108 cm³/mol. The molecular formula is C19H17BrFN3OS. The predicted octanol–water partition coefficient (Wildman–Crippen LogP) is 4.33. The van der Waals surface area contributed by atoms with Crippen LogP contribution in [0.3, 0.4) is 0 Å². The van der Waals surface area contributed by atoms with Crippen LogP contribution < -0.4 is 16.0 Å². The van der Waals surface area contributed by atoms with Gasteiger partial charge < -0.3 is 16.0 Å². The third-order valence-corrected chi connectivity index (χ3v) is 4.81. The van der Waals surface area contributed by atoms with Gasteiger partial charge in [0.15, 0.2) is 5.11 Å². The highest BCUT2D eigenvalue weighted by molar-refractivity contribution is 9.10. The molecule has 0 saturated carbocycles. The minimum absolute atomic E-state index is 0.321. The summed E-state index contributed by atoms with van der Waals surface area (Å²) in [4.78, 5) is 12.9. The van der Waals surface area contributed by atoms with Gasteiger partial charge in [-0.15, -0.1) is 0 Å². The van der Waals surface area contributed by atoms with Gasteiger partial charge in [0, 0.05) is 21.4 Å². The Morgan fingerprint density at radius 2 is 1.88 bits per heavy atom. The van der Waals surface area contributed by atoms with E-state index < -0.39 is 11.9 Å². The number of carbonyl (C=O) groups is 1. The summed E-state index contributed by atoms with van der Waals surface area (Å²) in [5.74, 6) is -0.734. The van der Waals surface area contributed by atoms with Crippen LogP contribution in [0.2, 0.25) is 0 Å². The van der Waals surface area contributed by atoms with Gasteiger partial charge in [-0.25, -0.2) is 4.39 Å². The fourth-order valence-corrected chi connectivity index (χ4v) is 3.45. The standard InChI is InChI=1S/C19H17BrFN3OS/c1-10-3-6-13(7-4-10)23-18(25)16-11(2)22-19(26)24-17(16)14-9-12(20)5-8-15(14)21/h3-9,17H,1-2H3,(H,23,25)(H2,22,24,26). The molecule has 0 radical (unpaired) electrons. The Morgan fingerprint density at radius 3 is 2.58 bits per heavy atom. The van der Waals surface area contributed by atoms with Gasteiger partial charge in [0.05, 0.1) is 11.6 Å². The van der Waals surface area contributed by atoms with Crippen LogP contribution in [0.25, 0.3) is 0 Å². The van der Waals surface area contributed by atoms with Crippen LogP contribution in [-0.4, -0.2) is 11.0 Å². The molecule has 3 N–H and O–H groups in total. The minimum Gasteiger partial charge on any atom is -0.351 e. The fraction of sp³-hybridized carbons (Fsp3) is 0.158. The van der Waals surface area contributed by atoms with E-state index in [-0.39, 0.29) is 5.91 Å². The molecule has 0 saturated heterocycles. The number of carbonyl (C=O) groups excluding carboxylic acids is 1. The molecule has 26 heavy (non-hydrogen) atoms. The smallest absolute Gasteiger partial charge is 0.255 e. The van der Waals surface area contributed by atoms with E-state index >= 15 is 0 Å². The summed E-state index contributed by atoms with van der Waals surface area (Å²) in [6.45, 7) is 3.72. The lowest BCUT2D eigenvalue weighted by molar-refractivity contribution is -0.113. The Labute approximate surface area is 165 Å². The number of hydrogen-bond acceptors (Lipinski definition) is 2. The molecule has 0 fully saturated rings. The van der Waals surface area contributed by atoms with Crippen molar-refractivity contribution >= 4 is 44.9 Å². The number of thiocarbonyl (C=S) groups is 1. The summed E-state index contributed by atoms with van der Waals surface area (Å²) in [7, 11) is 0. The normalized spacial score (nSPS) is 16.8. The number of hydrogen-bond donors (Lipinski definition) is 3. The van der Waals surface area contributed by atoms with Crippen molar-refractivity contribution in [3.05, 3.63) is 75.2 Å². The van der Waals surface area contributed by atoms with Crippen molar-refractivity contribution in [1.82, 2.24) is 10.6 Å². The number of benzene rings is 2. The summed E-state index contributed by atoms with van der Waals surface area (Å²) in [6.07, 6.45) is 0. The van der Waals surface area contributed by atoms with Crippen LogP contribution in [0.5, 0.6) is 0 Å². The van der Waals surface area contributed by atoms with E-state index in [9.17, 15) is 9.18 Å². The molecule has 0 aliphatic carbocycles. The number of halogens is 2. The van der Waals surface area contributed by atoms with E-state index in [4.69, 9.17) is 12.2 Å². The summed E-state index contributed by atoms with van der Waals surface area (Å²) in [6, 6.07) is 11.4. The molecule has 2 aromatic rings. The summed E-state index contributed by atoms with van der Waals surface area (Å²) in [5.41, 5.74) is 3.08. The lowest BCUT2D eigenvalue weighted by Crippen LogP contribution is -2.46. The Balaban J connectivity index is 1.98. The molecule has 0 aromatic heterocycles. The van der Waals surface area contributed by atoms with Crippen LogP contribution in [0.1, 0.15) is 24.1 Å². The molecule has 0 bridgehead atoms. The van der Waals surface area contributed by atoms with Crippen molar-refractivity contribution in [2.75, 3.05) is 5.32 Å². The molecule has 3 rings (SSSR count). The highest BCUT2D eigenvalue weighted by Gasteiger charge is 2.31. The zero-order valence-corrected chi connectivity index (χ0v) is 16.6. The van der Waals surface area contributed by atoms with Crippen molar-refractivity contribution in [3.63, 3.8) is 0 Å². The van der Waals surface area contributed by atoms with E-state index in [0.29, 0.717) is 27.6 Å². The lowest BCUT2D eigenvalue weighted by atomic mass is 9.94. The molecule has 134 valence electrons. The van der Waals surface area contributed by atoms with E-state index in [2.05, 4.69) is 31.9 Å². The van der Waals surface area contributed by atoms with Gasteiger partial charge in [-0.05, 0) is 56.4 Å². The third kappa shape index (κ3) is 3.94. The van der Waals surface area contributed by atoms with Gasteiger partial charge in [0.25, 0.3) is 5.91 Å². The first-order valence-corrected chi connectivity index (χ1v) is 9.16. The van der Waals surface area contributed by atoms with E-state index in [0.717, 1.165) is 10.0 Å². The average molecular weight is 434 g/mol. The molecule has 2 aromatic carbocycles. The number of rotatable bonds is 3. The maximum absolute atomic E-state index is 14.4. The maximum Gasteiger partial charge on any atom is 0.255 e. The van der Waals surface area contributed by atoms with Crippen LogP contribution in [0, 0.1) is 12.7 Å². The first-order valence-electron chi connectivity index (χ1n) is 7.96. The fourth-order valence-electron chi connectivity index (χ4n) is 2.80. The number of allylic oxidation sites excluding steroid dienone is 1. The van der Waals surface area contributed by atoms with Gasteiger partial charge in [-0.1, -0.05) is 33.6 Å². The van der Waals surface area contributed by atoms with E-state index in [1.807, 2.05) is 31.2 Å². The maximum atomic E-state index is 14.4. The summed E-state index contributed by atoms with van der Waals surface area (Å²) in [5, 5.41) is 9.15. The average Bonchev–Trinajstić information content (AvgIpc) is 2.58. The second-order valence-corrected chi connectivity index (χ2v) is 7.38. The number of aryl methyl sites for hydroxylation is 1. The molecular weight excluding hydrogens is 417 g/mol. The van der Waals surface area contributed by atoms with Crippen LogP contribution >= 0.6 is 28.1 Å². The zero-order valence-electron chi connectivity index (χ0n) is 14.2. The number of anilines is 1. The van der Waals surface area contributed by atoms with E-state index in [1.54, 1.807) is 19.1 Å². The van der Waals surface area contributed by atoms with Gasteiger partial charge >= 0.3 is 0 Å². The van der Waals surface area contributed by atoms with Crippen molar-refractivity contribution in [2.24, 2.45) is 0 Å². The first kappa shape index (κ1) is 18.5. The van der Waals surface area contributed by atoms with Crippen molar-refractivity contribution in [3.8, 4) is 0 Å². The molecule has 1 heterocycles. The highest BCUT2D eigenvalue weighted by Crippen LogP contribution is 2.31. The van der Waals surface area contributed by atoms with E-state index in [1.165, 1.54) is 6.07 Å². The molecule has 1 unspecified atom stereocenters. The number of amides is 1. The molecule has 1 atom stereocenters. The highest BCUT2D eigenvalue weighted by atomic mass is 79.9. The molecule has 1 amide bonds. The van der Waals surface area contributed by atoms with Gasteiger partial charge in [0.2, 0.25) is 0 Å². The van der Waals surface area contributed by atoms with Gasteiger partial charge in [-0.2, -0.15) is 0 Å². The van der Waals surface area contributed by atoms with Crippen molar-refractivity contribution < 1.29 is 9.18 Å². The molecule has 1 aliphatic heterocycles. The number of nitrogens with one attached hydrogen (secondary N) is 3. The van der Waals surface area contributed by atoms with Crippen LogP contribution in [0.15, 0.2) is 58.2 Å². The molecule has 7 heteroatoms. The monoisotopic (exact) mass is 433 g/mol. The molecule has 0 spiro atoms. The topological polar surface area (TPSA) is 53.2 Å². The third-order valence-electron chi connectivity index (χ3n) is 4.09. The largest absolute Gasteiger partial charge is 0.351 e. The minimum atomic E-state index is -0.688. The SMILES string of the molecule is CC1=C(C(=O)Nc2ccc(C)cc2)C(c2cc(Br)ccc2F)NC(=S)N1.